The highest BCUT2D eigenvalue weighted by molar-refractivity contribution is 5.80. The van der Waals surface area contributed by atoms with E-state index in [4.69, 9.17) is 4.74 Å². The number of amides is 1. The Morgan fingerprint density at radius 2 is 2.17 bits per heavy atom. The molecule has 2 saturated heterocycles. The van der Waals surface area contributed by atoms with E-state index in [1.54, 1.807) is 0 Å². The van der Waals surface area contributed by atoms with Gasteiger partial charge in [-0.2, -0.15) is 0 Å². The van der Waals surface area contributed by atoms with E-state index in [1.165, 1.54) is 18.5 Å². The van der Waals surface area contributed by atoms with Gasteiger partial charge in [0.2, 0.25) is 5.91 Å². The zero-order valence-corrected chi connectivity index (χ0v) is 14.6. The zero-order valence-electron chi connectivity index (χ0n) is 14.6. The molecule has 1 saturated carbocycles. The minimum atomic E-state index is 0.202. The van der Waals surface area contributed by atoms with E-state index in [0.717, 1.165) is 45.6 Å². The molecule has 1 spiro atoms. The molecule has 0 bridgehead atoms. The molecule has 2 atom stereocenters. The summed E-state index contributed by atoms with van der Waals surface area (Å²) in [5, 5.41) is 0. The summed E-state index contributed by atoms with van der Waals surface area (Å²) in [5.41, 5.74) is 1.45. The van der Waals surface area contributed by atoms with Crippen LogP contribution in [0.15, 0.2) is 12.5 Å². The molecule has 6 nitrogen and oxygen atoms in total. The van der Waals surface area contributed by atoms with Crippen LogP contribution < -0.4 is 0 Å². The lowest BCUT2D eigenvalue weighted by atomic mass is 9.76. The maximum absolute atomic E-state index is 13.1. The number of morpholine rings is 1. The molecule has 3 heterocycles. The van der Waals surface area contributed by atoms with Crippen molar-refractivity contribution in [3.8, 4) is 0 Å². The molecular formula is C18H28N4O2. The average molecular weight is 332 g/mol. The highest BCUT2D eigenvalue weighted by atomic mass is 16.5. The Bertz CT molecular complexity index is 596. The smallest absolute Gasteiger partial charge is 0.226 e. The van der Waals surface area contributed by atoms with Crippen LogP contribution in [0.2, 0.25) is 0 Å². The fourth-order valence-corrected chi connectivity index (χ4v) is 4.90. The lowest BCUT2D eigenvalue weighted by Crippen LogP contribution is -2.47. The quantitative estimate of drug-likeness (QED) is 0.836. The Labute approximate surface area is 143 Å². The van der Waals surface area contributed by atoms with Crippen LogP contribution in [0.4, 0.5) is 0 Å². The molecule has 1 aromatic rings. The monoisotopic (exact) mass is 332 g/mol. The summed E-state index contributed by atoms with van der Waals surface area (Å²) >= 11 is 0. The SMILES string of the molecule is Cn1cncc1CN1CC[C@]2(CCC[C@H]2C(=O)N2CCOCC2)C1. The first-order valence-electron chi connectivity index (χ1n) is 9.22. The fourth-order valence-electron chi connectivity index (χ4n) is 4.90. The molecule has 3 fully saturated rings. The molecule has 0 unspecified atom stereocenters. The van der Waals surface area contributed by atoms with Crippen LogP contribution in [0.3, 0.4) is 0 Å². The standard InChI is InChI=1S/C18H28N4O2/c1-20-14-19-11-15(20)12-21-6-5-18(13-21)4-2-3-16(18)17(23)22-7-9-24-10-8-22/h11,14,16H,2-10,12-13H2,1H3/t16-,18+/m0/s1. The van der Waals surface area contributed by atoms with Gasteiger partial charge >= 0.3 is 0 Å². The van der Waals surface area contributed by atoms with E-state index >= 15 is 0 Å². The van der Waals surface area contributed by atoms with E-state index in [-0.39, 0.29) is 11.3 Å². The highest BCUT2D eigenvalue weighted by Crippen LogP contribution is 2.50. The molecule has 1 aromatic heterocycles. The summed E-state index contributed by atoms with van der Waals surface area (Å²) in [5.74, 6) is 0.602. The van der Waals surface area contributed by atoms with Crippen molar-refractivity contribution in [2.45, 2.75) is 32.2 Å². The van der Waals surface area contributed by atoms with Crippen molar-refractivity contribution in [2.24, 2.45) is 18.4 Å². The molecule has 6 heteroatoms. The number of hydrogen-bond acceptors (Lipinski definition) is 4. The van der Waals surface area contributed by atoms with Crippen LogP contribution >= 0.6 is 0 Å². The number of aromatic nitrogens is 2. The zero-order chi connectivity index (χ0) is 16.6. The van der Waals surface area contributed by atoms with Crippen LogP contribution in [-0.2, 0) is 23.1 Å². The van der Waals surface area contributed by atoms with Crippen LogP contribution in [0.25, 0.3) is 0 Å². The predicted octanol–water partition coefficient (Wildman–Crippen LogP) is 1.27. The fraction of sp³-hybridized carbons (Fsp3) is 0.778. The summed E-state index contributed by atoms with van der Waals surface area (Å²) < 4.78 is 7.50. The van der Waals surface area contributed by atoms with Crippen molar-refractivity contribution in [3.63, 3.8) is 0 Å². The molecule has 3 aliphatic rings. The van der Waals surface area contributed by atoms with Gasteiger partial charge in [-0.05, 0) is 31.2 Å². The third-order valence-corrected chi connectivity index (χ3v) is 6.29. The molecule has 0 N–H and O–H groups in total. The normalized spacial score (nSPS) is 31.2. The first-order chi connectivity index (χ1) is 11.7. The minimum absolute atomic E-state index is 0.202. The first-order valence-corrected chi connectivity index (χ1v) is 9.22. The number of imidazole rings is 1. The number of ether oxygens (including phenoxy) is 1. The third-order valence-electron chi connectivity index (χ3n) is 6.29. The average Bonchev–Trinajstić information content (AvgIpc) is 3.31. The van der Waals surface area contributed by atoms with Crippen LogP contribution in [0.1, 0.15) is 31.4 Å². The van der Waals surface area contributed by atoms with E-state index < -0.39 is 0 Å². The number of nitrogens with zero attached hydrogens (tertiary/aromatic N) is 4. The summed E-state index contributed by atoms with van der Waals surface area (Å²) in [6.45, 7) is 6.01. The second-order valence-corrected chi connectivity index (χ2v) is 7.70. The van der Waals surface area contributed by atoms with Gasteiger partial charge in [0.15, 0.2) is 0 Å². The van der Waals surface area contributed by atoms with Gasteiger partial charge in [0.1, 0.15) is 0 Å². The number of rotatable bonds is 3. The summed E-state index contributed by atoms with van der Waals surface area (Å²) in [7, 11) is 2.05. The molecule has 0 aromatic carbocycles. The summed E-state index contributed by atoms with van der Waals surface area (Å²) in [6.07, 6.45) is 8.44. The molecular weight excluding hydrogens is 304 g/mol. The van der Waals surface area contributed by atoms with Gasteiger partial charge in [0, 0.05) is 45.3 Å². The predicted molar refractivity (Wildman–Crippen MR) is 90.3 cm³/mol. The number of hydrogen-bond donors (Lipinski definition) is 0. The van der Waals surface area contributed by atoms with Crippen molar-refractivity contribution in [3.05, 3.63) is 18.2 Å². The lowest BCUT2D eigenvalue weighted by Gasteiger charge is -2.36. The Morgan fingerprint density at radius 1 is 1.33 bits per heavy atom. The van der Waals surface area contributed by atoms with Gasteiger partial charge in [-0.25, -0.2) is 4.98 Å². The lowest BCUT2D eigenvalue weighted by molar-refractivity contribution is -0.143. The van der Waals surface area contributed by atoms with Gasteiger partial charge < -0.3 is 14.2 Å². The topological polar surface area (TPSA) is 50.6 Å². The Balaban J connectivity index is 1.44. The maximum atomic E-state index is 13.1. The number of likely N-dealkylation sites (tertiary alicyclic amines) is 1. The Kier molecular flexibility index (Phi) is 4.35. The Hall–Kier alpha value is -1.40. The van der Waals surface area contributed by atoms with E-state index in [0.29, 0.717) is 19.1 Å². The molecule has 1 amide bonds. The molecule has 132 valence electrons. The maximum Gasteiger partial charge on any atom is 0.226 e. The largest absolute Gasteiger partial charge is 0.378 e. The van der Waals surface area contributed by atoms with Crippen molar-refractivity contribution in [1.82, 2.24) is 19.4 Å². The molecule has 2 aliphatic heterocycles. The van der Waals surface area contributed by atoms with E-state index in [2.05, 4.69) is 21.5 Å². The number of carbonyl (C=O) groups excluding carboxylic acids is 1. The Morgan fingerprint density at radius 3 is 2.92 bits per heavy atom. The van der Waals surface area contributed by atoms with Gasteiger partial charge in [-0.1, -0.05) is 6.42 Å². The van der Waals surface area contributed by atoms with Crippen LogP contribution in [0.5, 0.6) is 0 Å². The van der Waals surface area contributed by atoms with Crippen molar-refractivity contribution in [1.29, 1.82) is 0 Å². The van der Waals surface area contributed by atoms with Gasteiger partial charge in [0.25, 0.3) is 0 Å². The van der Waals surface area contributed by atoms with Gasteiger partial charge in [-0.3, -0.25) is 9.69 Å². The second kappa shape index (κ2) is 6.48. The van der Waals surface area contributed by atoms with Crippen molar-refractivity contribution < 1.29 is 9.53 Å². The van der Waals surface area contributed by atoms with E-state index in [1.807, 2.05) is 17.4 Å². The first kappa shape index (κ1) is 16.1. The summed E-state index contributed by atoms with van der Waals surface area (Å²) in [4.78, 5) is 21.9. The van der Waals surface area contributed by atoms with Gasteiger partial charge in [0.05, 0.1) is 25.2 Å². The van der Waals surface area contributed by atoms with E-state index in [9.17, 15) is 4.79 Å². The molecule has 24 heavy (non-hydrogen) atoms. The summed E-state index contributed by atoms with van der Waals surface area (Å²) in [6, 6.07) is 0. The minimum Gasteiger partial charge on any atom is -0.378 e. The second-order valence-electron chi connectivity index (χ2n) is 7.70. The highest BCUT2D eigenvalue weighted by Gasteiger charge is 2.51. The number of aryl methyl sites for hydroxylation is 1. The van der Waals surface area contributed by atoms with Crippen LogP contribution in [0, 0.1) is 11.3 Å². The third kappa shape index (κ3) is 2.86. The van der Waals surface area contributed by atoms with Crippen molar-refractivity contribution >= 4 is 5.91 Å². The van der Waals surface area contributed by atoms with Crippen molar-refractivity contribution in [2.75, 3.05) is 39.4 Å². The van der Waals surface area contributed by atoms with Gasteiger partial charge in [-0.15, -0.1) is 0 Å². The molecule has 4 rings (SSSR count). The van der Waals surface area contributed by atoms with Crippen LogP contribution in [-0.4, -0.2) is 64.7 Å². The number of carbonyl (C=O) groups is 1. The molecule has 1 aliphatic carbocycles. The molecule has 0 radical (unpaired) electrons.